The first kappa shape index (κ1) is 17.7. The van der Waals surface area contributed by atoms with Crippen molar-refractivity contribution in [3.05, 3.63) is 4.88 Å². The van der Waals surface area contributed by atoms with Crippen LogP contribution >= 0.6 is 11.3 Å². The Balaban J connectivity index is 3.24. The molecule has 7 nitrogen and oxygen atoms in total. The summed E-state index contributed by atoms with van der Waals surface area (Å²) in [6, 6.07) is 0. The Bertz CT molecular complexity index is 608. The molecule has 1 rings (SSSR count). The number of carbonyl (C=O) groups excluding carboxylic acids is 1. The summed E-state index contributed by atoms with van der Waals surface area (Å²) in [5.74, 6) is -0.720. The Morgan fingerprint density at radius 1 is 1.43 bits per heavy atom. The highest BCUT2D eigenvalue weighted by Gasteiger charge is 2.29. The van der Waals surface area contributed by atoms with Gasteiger partial charge in [-0.1, -0.05) is 6.92 Å². The summed E-state index contributed by atoms with van der Waals surface area (Å²) in [5, 5.41) is 3.42. The van der Waals surface area contributed by atoms with E-state index in [0.717, 1.165) is 17.9 Å². The molecule has 1 heterocycles. The first-order chi connectivity index (χ1) is 9.74. The number of ether oxygens (including phenoxy) is 1. The van der Waals surface area contributed by atoms with E-state index in [1.807, 2.05) is 19.0 Å². The molecule has 0 saturated heterocycles. The first-order valence-corrected chi connectivity index (χ1v) is 8.83. The number of nitrogens with zero attached hydrogens (tertiary/aromatic N) is 1. The third kappa shape index (κ3) is 4.08. The third-order valence-corrected chi connectivity index (χ3v) is 5.88. The number of nitrogens with one attached hydrogen (secondary N) is 1. The minimum absolute atomic E-state index is 0.00541. The number of hydrogen-bond acceptors (Lipinski definition) is 8. The number of carbonyl (C=O) groups is 1. The normalized spacial score (nSPS) is 11.7. The molecular formula is C12H21N3O4S2. The Kier molecular flexibility index (Phi) is 5.99. The van der Waals surface area contributed by atoms with Gasteiger partial charge in [-0.2, -0.15) is 0 Å². The monoisotopic (exact) mass is 335 g/mol. The van der Waals surface area contributed by atoms with Gasteiger partial charge in [-0.15, -0.1) is 11.3 Å². The average molecular weight is 335 g/mol. The van der Waals surface area contributed by atoms with Gasteiger partial charge in [0.2, 0.25) is 0 Å². The minimum Gasteiger partial charge on any atom is -0.465 e. The Labute approximate surface area is 129 Å². The molecule has 120 valence electrons. The van der Waals surface area contributed by atoms with Crippen LogP contribution in [0, 0.1) is 0 Å². The maximum Gasteiger partial charge on any atom is 0.350 e. The van der Waals surface area contributed by atoms with Gasteiger partial charge < -0.3 is 20.7 Å². The predicted molar refractivity (Wildman–Crippen MR) is 84.8 cm³/mol. The van der Waals surface area contributed by atoms with Gasteiger partial charge >= 0.3 is 5.97 Å². The van der Waals surface area contributed by atoms with Crippen molar-refractivity contribution in [2.24, 2.45) is 0 Å². The zero-order chi connectivity index (χ0) is 16.2. The molecule has 0 aliphatic heterocycles. The number of sulfone groups is 1. The second-order valence-corrected chi connectivity index (χ2v) is 7.86. The van der Waals surface area contributed by atoms with E-state index in [2.05, 4.69) is 10.1 Å². The Morgan fingerprint density at radius 3 is 2.52 bits per heavy atom. The van der Waals surface area contributed by atoms with Crippen molar-refractivity contribution < 1.29 is 17.9 Å². The molecule has 0 aromatic carbocycles. The summed E-state index contributed by atoms with van der Waals surface area (Å²) in [6.45, 7) is 2.80. The van der Waals surface area contributed by atoms with Gasteiger partial charge in [-0.25, -0.2) is 13.2 Å². The van der Waals surface area contributed by atoms with Crippen LogP contribution in [0.5, 0.6) is 0 Å². The number of likely N-dealkylation sites (N-methyl/N-ethyl adjacent to an activating group) is 1. The largest absolute Gasteiger partial charge is 0.465 e. The Hall–Kier alpha value is -1.32. The minimum atomic E-state index is -3.53. The van der Waals surface area contributed by atoms with E-state index < -0.39 is 15.8 Å². The summed E-state index contributed by atoms with van der Waals surface area (Å²) < 4.78 is 29.0. The van der Waals surface area contributed by atoms with Crippen LogP contribution in [-0.4, -0.2) is 59.3 Å². The topological polar surface area (TPSA) is 102 Å². The summed E-state index contributed by atoms with van der Waals surface area (Å²) >= 11 is 1.00. The molecule has 0 atom stereocenters. The lowest BCUT2D eigenvalue weighted by molar-refractivity contribution is 0.0607. The lowest BCUT2D eigenvalue weighted by atomic mass is 10.4. The zero-order valence-corrected chi connectivity index (χ0v) is 14.2. The molecule has 0 saturated carbocycles. The van der Waals surface area contributed by atoms with Crippen molar-refractivity contribution in [2.45, 2.75) is 11.8 Å². The van der Waals surface area contributed by atoms with E-state index in [9.17, 15) is 13.2 Å². The first-order valence-electron chi connectivity index (χ1n) is 6.36. The zero-order valence-electron chi connectivity index (χ0n) is 12.6. The molecule has 0 aliphatic rings. The maximum absolute atomic E-state index is 12.2. The Morgan fingerprint density at radius 2 is 2.05 bits per heavy atom. The van der Waals surface area contributed by atoms with Crippen LogP contribution in [0.25, 0.3) is 0 Å². The molecule has 1 aromatic rings. The number of hydrogen-bond donors (Lipinski definition) is 2. The van der Waals surface area contributed by atoms with Crippen LogP contribution in [0.1, 0.15) is 16.6 Å². The molecular weight excluding hydrogens is 314 g/mol. The average Bonchev–Trinajstić information content (AvgIpc) is 2.75. The highest BCUT2D eigenvalue weighted by Crippen LogP contribution is 2.40. The van der Waals surface area contributed by atoms with E-state index in [-0.39, 0.29) is 21.2 Å². The van der Waals surface area contributed by atoms with Crippen LogP contribution in [0.2, 0.25) is 0 Å². The smallest absolute Gasteiger partial charge is 0.350 e. The number of nitrogen functional groups attached to an aromatic ring is 1. The molecule has 9 heteroatoms. The van der Waals surface area contributed by atoms with Gasteiger partial charge in [0.25, 0.3) is 0 Å². The molecule has 0 fully saturated rings. The van der Waals surface area contributed by atoms with Crippen molar-refractivity contribution in [3.8, 4) is 0 Å². The van der Waals surface area contributed by atoms with Crippen molar-refractivity contribution >= 4 is 37.8 Å². The van der Waals surface area contributed by atoms with Crippen LogP contribution in [-0.2, 0) is 14.6 Å². The molecule has 0 unspecified atom stereocenters. The van der Waals surface area contributed by atoms with Crippen LogP contribution in [0.15, 0.2) is 4.90 Å². The number of rotatable bonds is 7. The van der Waals surface area contributed by atoms with E-state index in [1.165, 1.54) is 14.0 Å². The highest BCUT2D eigenvalue weighted by molar-refractivity contribution is 7.91. The quantitative estimate of drug-likeness (QED) is 0.713. The van der Waals surface area contributed by atoms with Gasteiger partial charge in [0.05, 0.1) is 18.6 Å². The summed E-state index contributed by atoms with van der Waals surface area (Å²) in [7, 11) is 1.52. The highest BCUT2D eigenvalue weighted by atomic mass is 32.2. The van der Waals surface area contributed by atoms with Gasteiger partial charge in [0.15, 0.2) is 9.84 Å². The fraction of sp³-hybridized carbons (Fsp3) is 0.583. The van der Waals surface area contributed by atoms with Crippen LogP contribution in [0.3, 0.4) is 0 Å². The number of nitrogens with two attached hydrogens (primary N) is 1. The number of esters is 1. The number of thiophene rings is 1. The molecule has 1 aromatic heterocycles. The van der Waals surface area contributed by atoms with E-state index in [4.69, 9.17) is 5.73 Å². The molecule has 0 bridgehead atoms. The molecule has 3 N–H and O–H groups in total. The summed E-state index contributed by atoms with van der Waals surface area (Å²) in [6.07, 6.45) is 0. The van der Waals surface area contributed by atoms with E-state index in [1.54, 1.807) is 0 Å². The van der Waals surface area contributed by atoms with Crippen LogP contribution in [0.4, 0.5) is 10.7 Å². The predicted octanol–water partition coefficient (Wildman–Crippen LogP) is 0.884. The lowest BCUT2D eigenvalue weighted by Gasteiger charge is -2.11. The SMILES string of the molecule is CCS(=O)(=O)c1c(NCCN(C)C)sc(C(=O)OC)c1N. The van der Waals surface area contributed by atoms with Crippen molar-refractivity contribution in [1.29, 1.82) is 0 Å². The molecule has 0 aliphatic carbocycles. The van der Waals surface area contributed by atoms with Crippen molar-refractivity contribution in [3.63, 3.8) is 0 Å². The fourth-order valence-corrected chi connectivity index (χ4v) is 4.25. The molecule has 0 amide bonds. The summed E-state index contributed by atoms with van der Waals surface area (Å²) in [4.78, 5) is 13.7. The lowest BCUT2D eigenvalue weighted by Crippen LogP contribution is -2.21. The van der Waals surface area contributed by atoms with Gasteiger partial charge in [-0.05, 0) is 14.1 Å². The second-order valence-electron chi connectivity index (χ2n) is 4.63. The van der Waals surface area contributed by atoms with Crippen LogP contribution < -0.4 is 11.1 Å². The van der Waals surface area contributed by atoms with Gasteiger partial charge in [0.1, 0.15) is 14.8 Å². The maximum atomic E-state index is 12.2. The van der Waals surface area contributed by atoms with Crippen molar-refractivity contribution in [2.75, 3.05) is 51.1 Å². The van der Waals surface area contributed by atoms with Gasteiger partial charge in [0, 0.05) is 13.1 Å². The van der Waals surface area contributed by atoms with E-state index in [0.29, 0.717) is 11.5 Å². The number of anilines is 2. The molecule has 21 heavy (non-hydrogen) atoms. The molecule has 0 radical (unpaired) electrons. The third-order valence-electron chi connectivity index (χ3n) is 2.81. The van der Waals surface area contributed by atoms with Gasteiger partial charge in [-0.3, -0.25) is 0 Å². The standard InChI is InChI=1S/C12H21N3O4S2/c1-5-21(17,18)10-8(13)9(12(16)19-4)20-11(10)14-6-7-15(2)3/h14H,5-7,13H2,1-4H3. The fourth-order valence-electron chi connectivity index (χ4n) is 1.64. The summed E-state index contributed by atoms with van der Waals surface area (Å²) in [5.41, 5.74) is 5.81. The van der Waals surface area contributed by atoms with E-state index >= 15 is 0 Å². The van der Waals surface area contributed by atoms with Crippen molar-refractivity contribution in [1.82, 2.24) is 4.90 Å². The second kappa shape index (κ2) is 7.10. The number of methoxy groups -OCH3 is 1. The molecule has 0 spiro atoms.